The molecule has 0 aliphatic heterocycles. The smallest absolute Gasteiger partial charge is 0.203 e. The lowest BCUT2D eigenvalue weighted by molar-refractivity contribution is 0.324. The summed E-state index contributed by atoms with van der Waals surface area (Å²) in [6, 6.07) is 3.69. The standard InChI is InChI=1S/C11H15NO3/c1-12-7-8-5-6-9(13-2)11(15-4)10(8)14-3/h5-7H,1-4H3. The van der Waals surface area contributed by atoms with Crippen molar-refractivity contribution in [3.63, 3.8) is 0 Å². The van der Waals surface area contributed by atoms with Crippen LogP contribution >= 0.6 is 0 Å². The van der Waals surface area contributed by atoms with Crippen LogP contribution in [-0.4, -0.2) is 34.6 Å². The van der Waals surface area contributed by atoms with Gasteiger partial charge in [-0.15, -0.1) is 0 Å². The van der Waals surface area contributed by atoms with Gasteiger partial charge in [0.15, 0.2) is 11.5 Å². The Balaban J connectivity index is 3.33. The topological polar surface area (TPSA) is 40.0 Å². The zero-order valence-electron chi connectivity index (χ0n) is 9.40. The van der Waals surface area contributed by atoms with E-state index >= 15 is 0 Å². The molecule has 0 spiro atoms. The quantitative estimate of drug-likeness (QED) is 0.709. The van der Waals surface area contributed by atoms with Gasteiger partial charge in [-0.05, 0) is 12.1 Å². The van der Waals surface area contributed by atoms with Crippen LogP contribution in [0, 0.1) is 0 Å². The van der Waals surface area contributed by atoms with E-state index in [1.165, 1.54) is 0 Å². The molecule has 0 radical (unpaired) electrons. The van der Waals surface area contributed by atoms with Crippen molar-refractivity contribution >= 4 is 6.21 Å². The molecule has 0 aromatic heterocycles. The minimum Gasteiger partial charge on any atom is -0.493 e. The maximum atomic E-state index is 5.27. The van der Waals surface area contributed by atoms with E-state index in [2.05, 4.69) is 4.99 Å². The third-order valence-corrected chi connectivity index (χ3v) is 2.00. The summed E-state index contributed by atoms with van der Waals surface area (Å²) in [6.07, 6.45) is 1.71. The SMILES string of the molecule is CN=Cc1ccc(OC)c(OC)c1OC. The summed E-state index contributed by atoms with van der Waals surface area (Å²) in [7, 11) is 6.46. The van der Waals surface area contributed by atoms with Crippen LogP contribution in [0.4, 0.5) is 0 Å². The van der Waals surface area contributed by atoms with Crippen molar-refractivity contribution in [2.24, 2.45) is 4.99 Å². The van der Waals surface area contributed by atoms with Crippen LogP contribution in [0.15, 0.2) is 17.1 Å². The maximum absolute atomic E-state index is 5.27. The summed E-state index contributed by atoms with van der Waals surface area (Å²) in [5.74, 6) is 1.85. The number of hydrogen-bond donors (Lipinski definition) is 0. The predicted octanol–water partition coefficient (Wildman–Crippen LogP) is 1.76. The number of rotatable bonds is 4. The first-order chi connectivity index (χ1) is 7.28. The Bertz CT molecular complexity index is 361. The zero-order valence-corrected chi connectivity index (χ0v) is 9.40. The maximum Gasteiger partial charge on any atom is 0.203 e. The summed E-state index contributed by atoms with van der Waals surface area (Å²) >= 11 is 0. The Morgan fingerprint density at radius 3 is 2.13 bits per heavy atom. The molecule has 0 fully saturated rings. The van der Waals surface area contributed by atoms with Crippen LogP contribution in [0.2, 0.25) is 0 Å². The average Bonchev–Trinajstić information content (AvgIpc) is 2.28. The number of nitrogens with zero attached hydrogens (tertiary/aromatic N) is 1. The molecule has 4 nitrogen and oxygen atoms in total. The summed E-state index contributed by atoms with van der Waals surface area (Å²) in [5.41, 5.74) is 0.859. The monoisotopic (exact) mass is 209 g/mol. The van der Waals surface area contributed by atoms with Gasteiger partial charge in [0.05, 0.1) is 21.3 Å². The van der Waals surface area contributed by atoms with Crippen molar-refractivity contribution in [2.75, 3.05) is 28.4 Å². The minimum absolute atomic E-state index is 0.581. The van der Waals surface area contributed by atoms with Crippen LogP contribution < -0.4 is 14.2 Å². The molecule has 1 aromatic carbocycles. The molecule has 0 bridgehead atoms. The minimum atomic E-state index is 0.581. The number of hydrogen-bond acceptors (Lipinski definition) is 4. The molecule has 15 heavy (non-hydrogen) atoms. The van der Waals surface area contributed by atoms with Gasteiger partial charge in [0, 0.05) is 18.8 Å². The van der Waals surface area contributed by atoms with E-state index in [1.807, 2.05) is 12.1 Å². The number of benzene rings is 1. The highest BCUT2D eigenvalue weighted by molar-refractivity contribution is 5.86. The van der Waals surface area contributed by atoms with Crippen molar-refractivity contribution in [1.29, 1.82) is 0 Å². The lowest BCUT2D eigenvalue weighted by Crippen LogP contribution is -1.98. The summed E-state index contributed by atoms with van der Waals surface area (Å²) in [6.45, 7) is 0. The molecule has 0 aliphatic carbocycles. The Morgan fingerprint density at radius 2 is 1.67 bits per heavy atom. The molecule has 0 unspecified atom stereocenters. The van der Waals surface area contributed by atoms with Crippen LogP contribution in [-0.2, 0) is 0 Å². The van der Waals surface area contributed by atoms with Gasteiger partial charge < -0.3 is 14.2 Å². The first kappa shape index (κ1) is 11.4. The molecule has 0 N–H and O–H groups in total. The van der Waals surface area contributed by atoms with E-state index < -0.39 is 0 Å². The highest BCUT2D eigenvalue weighted by Gasteiger charge is 2.13. The second-order valence-electron chi connectivity index (χ2n) is 2.81. The van der Waals surface area contributed by atoms with Gasteiger partial charge in [0.2, 0.25) is 5.75 Å². The molecule has 4 heteroatoms. The Kier molecular flexibility index (Phi) is 3.97. The van der Waals surface area contributed by atoms with Crippen LogP contribution in [0.1, 0.15) is 5.56 Å². The van der Waals surface area contributed by atoms with Crippen molar-refractivity contribution in [3.8, 4) is 17.2 Å². The van der Waals surface area contributed by atoms with E-state index in [4.69, 9.17) is 14.2 Å². The fourth-order valence-electron chi connectivity index (χ4n) is 1.37. The highest BCUT2D eigenvalue weighted by atomic mass is 16.5. The first-order valence-electron chi connectivity index (χ1n) is 4.49. The average molecular weight is 209 g/mol. The largest absolute Gasteiger partial charge is 0.493 e. The predicted molar refractivity (Wildman–Crippen MR) is 59.6 cm³/mol. The van der Waals surface area contributed by atoms with E-state index in [-0.39, 0.29) is 0 Å². The third kappa shape index (κ3) is 2.21. The lowest BCUT2D eigenvalue weighted by atomic mass is 10.2. The van der Waals surface area contributed by atoms with E-state index in [0.717, 1.165) is 5.56 Å². The molecule has 0 amide bonds. The van der Waals surface area contributed by atoms with Gasteiger partial charge in [0.1, 0.15) is 0 Å². The van der Waals surface area contributed by atoms with Gasteiger partial charge in [-0.25, -0.2) is 0 Å². The van der Waals surface area contributed by atoms with Gasteiger partial charge in [-0.3, -0.25) is 4.99 Å². The van der Waals surface area contributed by atoms with Gasteiger partial charge >= 0.3 is 0 Å². The van der Waals surface area contributed by atoms with Gasteiger partial charge in [-0.2, -0.15) is 0 Å². The van der Waals surface area contributed by atoms with Crippen LogP contribution in [0.25, 0.3) is 0 Å². The molecular weight excluding hydrogens is 194 g/mol. The van der Waals surface area contributed by atoms with Crippen LogP contribution in [0.3, 0.4) is 0 Å². The molecular formula is C11H15NO3. The number of ether oxygens (including phenoxy) is 3. The molecule has 1 aromatic rings. The molecule has 0 heterocycles. The fraction of sp³-hybridized carbons (Fsp3) is 0.364. The molecule has 0 saturated carbocycles. The van der Waals surface area contributed by atoms with Crippen molar-refractivity contribution in [1.82, 2.24) is 0 Å². The Labute approximate surface area is 89.5 Å². The Hall–Kier alpha value is -1.71. The van der Waals surface area contributed by atoms with E-state index in [0.29, 0.717) is 17.2 Å². The third-order valence-electron chi connectivity index (χ3n) is 2.00. The molecule has 0 atom stereocenters. The van der Waals surface area contributed by atoms with Crippen molar-refractivity contribution in [2.45, 2.75) is 0 Å². The second-order valence-corrected chi connectivity index (χ2v) is 2.81. The molecule has 0 aliphatic rings. The van der Waals surface area contributed by atoms with Crippen molar-refractivity contribution in [3.05, 3.63) is 17.7 Å². The Morgan fingerprint density at radius 1 is 1.00 bits per heavy atom. The fourth-order valence-corrected chi connectivity index (χ4v) is 1.37. The summed E-state index contributed by atoms with van der Waals surface area (Å²) in [5, 5.41) is 0. The second kappa shape index (κ2) is 5.24. The highest BCUT2D eigenvalue weighted by Crippen LogP contribution is 2.38. The number of methoxy groups -OCH3 is 3. The summed E-state index contributed by atoms with van der Waals surface area (Å²) < 4.78 is 15.7. The normalized spacial score (nSPS) is 10.4. The molecule has 82 valence electrons. The molecule has 1 rings (SSSR count). The lowest BCUT2D eigenvalue weighted by Gasteiger charge is -2.13. The zero-order chi connectivity index (χ0) is 11.3. The van der Waals surface area contributed by atoms with Gasteiger partial charge in [0.25, 0.3) is 0 Å². The van der Waals surface area contributed by atoms with Crippen molar-refractivity contribution < 1.29 is 14.2 Å². The van der Waals surface area contributed by atoms with E-state index in [1.54, 1.807) is 34.6 Å². The summed E-state index contributed by atoms with van der Waals surface area (Å²) in [4.78, 5) is 3.94. The molecule has 0 saturated heterocycles. The first-order valence-corrected chi connectivity index (χ1v) is 4.49. The van der Waals surface area contributed by atoms with Gasteiger partial charge in [-0.1, -0.05) is 0 Å². The van der Waals surface area contributed by atoms with Crippen LogP contribution in [0.5, 0.6) is 17.2 Å². The number of aliphatic imine (C=N–C) groups is 1. The van der Waals surface area contributed by atoms with E-state index in [9.17, 15) is 0 Å².